The fourth-order valence-electron chi connectivity index (χ4n) is 2.11. The first-order chi connectivity index (χ1) is 13.3. The minimum absolute atomic E-state index is 0.243. The lowest BCUT2D eigenvalue weighted by molar-refractivity contribution is -0.123. The molecule has 0 aliphatic carbocycles. The van der Waals surface area contributed by atoms with E-state index in [1.807, 2.05) is 6.92 Å². The van der Waals surface area contributed by atoms with Crippen molar-refractivity contribution < 1.29 is 19.1 Å². The second kappa shape index (κ2) is 10.3. The van der Waals surface area contributed by atoms with Crippen molar-refractivity contribution in [2.24, 2.45) is 5.92 Å². The van der Waals surface area contributed by atoms with Crippen molar-refractivity contribution in [2.75, 3.05) is 13.2 Å². The Bertz CT molecular complexity index is 858. The van der Waals surface area contributed by atoms with Crippen LogP contribution in [0.2, 0.25) is 5.02 Å². The van der Waals surface area contributed by atoms with Gasteiger partial charge in [-0.05, 0) is 70.7 Å². The van der Waals surface area contributed by atoms with Gasteiger partial charge in [0, 0.05) is 10.6 Å². The van der Waals surface area contributed by atoms with Crippen LogP contribution in [0.3, 0.4) is 0 Å². The molecule has 0 aliphatic rings. The summed E-state index contributed by atoms with van der Waals surface area (Å²) in [5.41, 5.74) is 5.89. The van der Waals surface area contributed by atoms with Crippen molar-refractivity contribution in [3.8, 4) is 11.5 Å². The maximum absolute atomic E-state index is 12.2. The Kier molecular flexibility index (Phi) is 8.14. The van der Waals surface area contributed by atoms with Crippen LogP contribution in [0.5, 0.6) is 11.5 Å². The molecule has 2 N–H and O–H groups in total. The lowest BCUT2D eigenvalue weighted by Gasteiger charge is -2.12. The molecule has 0 unspecified atom stereocenters. The molecule has 0 atom stereocenters. The number of aryl methyl sites for hydroxylation is 1. The highest BCUT2D eigenvalue weighted by molar-refractivity contribution is 9.10. The largest absolute Gasteiger partial charge is 0.492 e. The zero-order valence-corrected chi connectivity index (χ0v) is 18.2. The van der Waals surface area contributed by atoms with E-state index in [0.29, 0.717) is 39.1 Å². The van der Waals surface area contributed by atoms with Crippen molar-refractivity contribution in [3.05, 3.63) is 57.0 Å². The van der Waals surface area contributed by atoms with E-state index in [2.05, 4.69) is 40.6 Å². The Morgan fingerprint density at radius 1 is 1.11 bits per heavy atom. The smallest absolute Gasteiger partial charge is 0.276 e. The lowest BCUT2D eigenvalue weighted by atomic mass is 10.2. The minimum Gasteiger partial charge on any atom is -0.492 e. The zero-order chi connectivity index (χ0) is 20.7. The van der Waals surface area contributed by atoms with E-state index in [0.717, 1.165) is 5.56 Å². The Morgan fingerprint density at radius 2 is 1.86 bits per heavy atom. The number of benzene rings is 2. The predicted octanol–water partition coefficient (Wildman–Crippen LogP) is 4.29. The van der Waals surface area contributed by atoms with Gasteiger partial charge in [-0.3, -0.25) is 20.4 Å². The van der Waals surface area contributed by atoms with Crippen molar-refractivity contribution in [1.29, 1.82) is 0 Å². The molecule has 0 bridgehead atoms. The molecule has 28 heavy (non-hydrogen) atoms. The van der Waals surface area contributed by atoms with E-state index in [1.54, 1.807) is 36.4 Å². The van der Waals surface area contributed by atoms with Crippen LogP contribution in [0.4, 0.5) is 0 Å². The molecule has 0 saturated carbocycles. The highest BCUT2D eigenvalue weighted by Gasteiger charge is 2.11. The van der Waals surface area contributed by atoms with E-state index in [9.17, 15) is 9.59 Å². The molecule has 2 amide bonds. The first-order valence-electron chi connectivity index (χ1n) is 8.66. The fraction of sp³-hybridized carbons (Fsp3) is 0.300. The van der Waals surface area contributed by atoms with Crippen molar-refractivity contribution in [3.63, 3.8) is 0 Å². The Labute approximate surface area is 177 Å². The standard InChI is InChI=1S/C20H22BrClN2O4/c1-12(2)10-28-18-7-4-14(9-16(18)21)20(26)24-23-19(25)11-27-15-5-6-17(22)13(3)8-15/h4-9,12H,10-11H2,1-3H3,(H,23,25)(H,24,26). The van der Waals surface area contributed by atoms with Crippen molar-refractivity contribution in [2.45, 2.75) is 20.8 Å². The van der Waals surface area contributed by atoms with Gasteiger partial charge in [0.1, 0.15) is 11.5 Å². The maximum Gasteiger partial charge on any atom is 0.276 e. The fourth-order valence-corrected chi connectivity index (χ4v) is 2.72. The van der Waals surface area contributed by atoms with Crippen LogP contribution in [0.15, 0.2) is 40.9 Å². The first-order valence-corrected chi connectivity index (χ1v) is 9.84. The molecule has 2 aromatic rings. The number of carbonyl (C=O) groups excluding carboxylic acids is 2. The zero-order valence-electron chi connectivity index (χ0n) is 15.8. The van der Waals surface area contributed by atoms with E-state index in [1.165, 1.54) is 0 Å². The molecule has 0 radical (unpaired) electrons. The van der Waals surface area contributed by atoms with Crippen molar-refractivity contribution in [1.82, 2.24) is 10.9 Å². The average molecular weight is 470 g/mol. The third kappa shape index (κ3) is 6.73. The summed E-state index contributed by atoms with van der Waals surface area (Å²) in [6.45, 7) is 6.28. The monoisotopic (exact) mass is 468 g/mol. The molecular formula is C20H22BrClN2O4. The lowest BCUT2D eigenvalue weighted by Crippen LogP contribution is -2.43. The van der Waals surface area contributed by atoms with Crippen LogP contribution in [0, 0.1) is 12.8 Å². The molecule has 150 valence electrons. The predicted molar refractivity (Wildman–Crippen MR) is 112 cm³/mol. The summed E-state index contributed by atoms with van der Waals surface area (Å²) in [6.07, 6.45) is 0. The molecule has 8 heteroatoms. The first kappa shape index (κ1) is 22.0. The second-order valence-electron chi connectivity index (χ2n) is 6.55. The number of amides is 2. The minimum atomic E-state index is -0.489. The second-order valence-corrected chi connectivity index (χ2v) is 7.81. The summed E-state index contributed by atoms with van der Waals surface area (Å²) in [5.74, 6) is 0.623. The number of hydrogen-bond acceptors (Lipinski definition) is 4. The maximum atomic E-state index is 12.2. The summed E-state index contributed by atoms with van der Waals surface area (Å²) in [6, 6.07) is 10.0. The van der Waals surface area contributed by atoms with Gasteiger partial charge >= 0.3 is 0 Å². The van der Waals surface area contributed by atoms with Gasteiger partial charge in [0.15, 0.2) is 6.61 Å². The third-order valence-corrected chi connectivity index (χ3v) is 4.62. The van der Waals surface area contributed by atoms with E-state index >= 15 is 0 Å². The van der Waals surface area contributed by atoms with E-state index in [4.69, 9.17) is 21.1 Å². The van der Waals surface area contributed by atoms with Gasteiger partial charge in [0.2, 0.25) is 0 Å². The summed E-state index contributed by atoms with van der Waals surface area (Å²) < 4.78 is 11.7. The van der Waals surface area contributed by atoms with E-state index in [-0.39, 0.29) is 6.61 Å². The number of halogens is 2. The molecule has 0 aliphatic heterocycles. The quantitative estimate of drug-likeness (QED) is 0.593. The van der Waals surface area contributed by atoms with Gasteiger partial charge < -0.3 is 9.47 Å². The normalized spacial score (nSPS) is 10.5. The van der Waals surface area contributed by atoms with Gasteiger partial charge in [-0.1, -0.05) is 25.4 Å². The van der Waals surface area contributed by atoms with Crippen LogP contribution in [0.1, 0.15) is 29.8 Å². The molecule has 2 aromatic carbocycles. The number of carbonyl (C=O) groups is 2. The number of hydrazine groups is 1. The van der Waals surface area contributed by atoms with E-state index < -0.39 is 11.8 Å². The third-order valence-electron chi connectivity index (χ3n) is 3.58. The van der Waals surface area contributed by atoms with Crippen LogP contribution in [-0.4, -0.2) is 25.0 Å². The van der Waals surface area contributed by atoms with Gasteiger partial charge in [-0.25, -0.2) is 0 Å². The summed E-state index contributed by atoms with van der Waals surface area (Å²) in [7, 11) is 0. The Morgan fingerprint density at radius 3 is 2.50 bits per heavy atom. The van der Waals surface area contributed by atoms with Gasteiger partial charge in [0.05, 0.1) is 11.1 Å². The number of ether oxygens (including phenoxy) is 2. The van der Waals surface area contributed by atoms with Crippen LogP contribution in [0.25, 0.3) is 0 Å². The average Bonchev–Trinajstić information content (AvgIpc) is 2.65. The van der Waals surface area contributed by atoms with Crippen LogP contribution >= 0.6 is 27.5 Å². The summed E-state index contributed by atoms with van der Waals surface area (Å²) in [5, 5.41) is 0.621. The molecule has 0 spiro atoms. The Hall–Kier alpha value is -2.25. The van der Waals surface area contributed by atoms with Gasteiger partial charge in [-0.2, -0.15) is 0 Å². The molecule has 0 fully saturated rings. The Balaban J connectivity index is 1.83. The molecular weight excluding hydrogens is 448 g/mol. The highest BCUT2D eigenvalue weighted by Crippen LogP contribution is 2.26. The van der Waals surface area contributed by atoms with Crippen LogP contribution in [-0.2, 0) is 4.79 Å². The van der Waals surface area contributed by atoms with Crippen molar-refractivity contribution >= 4 is 39.3 Å². The van der Waals surface area contributed by atoms with Gasteiger partial charge in [-0.15, -0.1) is 0 Å². The summed E-state index contributed by atoms with van der Waals surface area (Å²) >= 11 is 9.33. The molecule has 0 saturated heterocycles. The van der Waals surface area contributed by atoms with Crippen LogP contribution < -0.4 is 20.3 Å². The number of nitrogens with one attached hydrogen (secondary N) is 2. The molecule has 6 nitrogen and oxygen atoms in total. The summed E-state index contributed by atoms with van der Waals surface area (Å²) in [4.78, 5) is 24.1. The number of hydrogen-bond donors (Lipinski definition) is 2. The molecule has 0 aromatic heterocycles. The SMILES string of the molecule is Cc1cc(OCC(=O)NNC(=O)c2ccc(OCC(C)C)c(Br)c2)ccc1Cl. The molecule has 0 heterocycles. The van der Waals surface area contributed by atoms with Gasteiger partial charge in [0.25, 0.3) is 11.8 Å². The molecule has 2 rings (SSSR count). The topological polar surface area (TPSA) is 76.7 Å². The number of rotatable bonds is 7. The highest BCUT2D eigenvalue weighted by atomic mass is 79.9.